The van der Waals surface area contributed by atoms with Crippen molar-refractivity contribution in [3.8, 4) is 0 Å². The summed E-state index contributed by atoms with van der Waals surface area (Å²) in [6.07, 6.45) is 0.0507. The molecule has 0 unspecified atom stereocenters. The second kappa shape index (κ2) is 5.08. The van der Waals surface area contributed by atoms with Crippen LogP contribution in [0.3, 0.4) is 0 Å². The minimum atomic E-state index is -3.98. The summed E-state index contributed by atoms with van der Waals surface area (Å²) in [7, 11) is -3.98. The molecule has 110 valence electrons. The molecule has 1 aromatic rings. The van der Waals surface area contributed by atoms with Crippen molar-refractivity contribution in [3.05, 3.63) is 33.6 Å². The lowest BCUT2D eigenvalue weighted by molar-refractivity contribution is -0.387. The molecular formula is C11H13FN2O5S. The fourth-order valence-corrected chi connectivity index (χ4v) is 3.55. The van der Waals surface area contributed by atoms with Crippen LogP contribution < -0.4 is 4.72 Å². The molecule has 1 aliphatic carbocycles. The SMILES string of the molecule is Cc1cc(F)c([N+](=O)[O-])cc1S(=O)(=O)NC1CC(O)C1. The number of nitro benzene ring substituents is 1. The van der Waals surface area contributed by atoms with Crippen LogP contribution in [-0.2, 0) is 10.0 Å². The molecule has 0 amide bonds. The standard InChI is InChI=1S/C11H13FN2O5S/c1-6-2-9(12)10(14(16)17)5-11(6)20(18,19)13-7-3-8(15)4-7/h2,5,7-8,13,15H,3-4H2,1H3. The number of aliphatic hydroxyl groups is 1. The molecule has 1 aromatic carbocycles. The van der Waals surface area contributed by atoms with E-state index in [0.717, 1.165) is 6.07 Å². The van der Waals surface area contributed by atoms with Gasteiger partial charge in [-0.1, -0.05) is 0 Å². The molecule has 2 N–H and O–H groups in total. The van der Waals surface area contributed by atoms with E-state index in [9.17, 15) is 22.9 Å². The summed E-state index contributed by atoms with van der Waals surface area (Å²) in [6, 6.07) is 1.13. The van der Waals surface area contributed by atoms with Gasteiger partial charge in [-0.3, -0.25) is 10.1 Å². The summed E-state index contributed by atoms with van der Waals surface area (Å²) in [4.78, 5) is 9.36. The Kier molecular flexibility index (Phi) is 3.76. The van der Waals surface area contributed by atoms with Crippen molar-refractivity contribution < 1.29 is 22.8 Å². The first-order valence-corrected chi connectivity index (χ1v) is 7.34. The number of hydrogen-bond acceptors (Lipinski definition) is 5. The number of aliphatic hydroxyl groups excluding tert-OH is 1. The lowest BCUT2D eigenvalue weighted by atomic mass is 9.91. The Balaban J connectivity index is 2.35. The molecule has 7 nitrogen and oxygen atoms in total. The number of aryl methyl sites for hydroxylation is 1. The van der Waals surface area contributed by atoms with E-state index in [1.807, 2.05) is 0 Å². The number of hydrogen-bond donors (Lipinski definition) is 2. The maximum atomic E-state index is 13.4. The average molecular weight is 304 g/mol. The minimum Gasteiger partial charge on any atom is -0.393 e. The van der Waals surface area contributed by atoms with Crippen LogP contribution >= 0.6 is 0 Å². The van der Waals surface area contributed by atoms with Gasteiger partial charge in [0, 0.05) is 12.1 Å². The maximum absolute atomic E-state index is 13.4. The third kappa shape index (κ3) is 2.79. The van der Waals surface area contributed by atoms with E-state index >= 15 is 0 Å². The highest BCUT2D eigenvalue weighted by molar-refractivity contribution is 7.89. The molecule has 2 rings (SSSR count). The summed E-state index contributed by atoms with van der Waals surface area (Å²) >= 11 is 0. The van der Waals surface area contributed by atoms with E-state index < -0.39 is 38.6 Å². The Morgan fingerprint density at radius 1 is 1.45 bits per heavy atom. The molecular weight excluding hydrogens is 291 g/mol. The quantitative estimate of drug-likeness (QED) is 0.633. The molecule has 1 aliphatic rings. The van der Waals surface area contributed by atoms with E-state index in [2.05, 4.69) is 4.72 Å². The molecule has 1 saturated carbocycles. The van der Waals surface area contributed by atoms with E-state index in [1.54, 1.807) is 0 Å². The minimum absolute atomic E-state index is 0.0838. The van der Waals surface area contributed by atoms with Crippen LogP contribution in [0.15, 0.2) is 17.0 Å². The number of benzene rings is 1. The smallest absolute Gasteiger partial charge is 0.306 e. The fourth-order valence-electron chi connectivity index (χ4n) is 2.04. The Morgan fingerprint density at radius 3 is 2.55 bits per heavy atom. The molecule has 20 heavy (non-hydrogen) atoms. The topological polar surface area (TPSA) is 110 Å². The Morgan fingerprint density at radius 2 is 2.05 bits per heavy atom. The van der Waals surface area contributed by atoms with E-state index in [4.69, 9.17) is 5.11 Å². The Labute approximate surface area is 114 Å². The van der Waals surface area contributed by atoms with Gasteiger partial charge in [0.25, 0.3) is 0 Å². The third-order valence-corrected chi connectivity index (χ3v) is 4.83. The number of nitrogens with zero attached hydrogens (tertiary/aromatic N) is 1. The highest BCUT2D eigenvalue weighted by atomic mass is 32.2. The molecule has 0 heterocycles. The van der Waals surface area contributed by atoms with Crippen molar-refractivity contribution in [2.75, 3.05) is 0 Å². The summed E-state index contributed by atoms with van der Waals surface area (Å²) in [5.74, 6) is -1.08. The van der Waals surface area contributed by atoms with Crippen LogP contribution in [0.4, 0.5) is 10.1 Å². The van der Waals surface area contributed by atoms with Gasteiger partial charge in [-0.05, 0) is 31.4 Å². The molecule has 0 radical (unpaired) electrons. The van der Waals surface area contributed by atoms with Crippen LogP contribution in [0.2, 0.25) is 0 Å². The zero-order valence-corrected chi connectivity index (χ0v) is 11.4. The fraction of sp³-hybridized carbons (Fsp3) is 0.455. The second-order valence-corrected chi connectivity index (χ2v) is 6.45. The second-order valence-electron chi connectivity index (χ2n) is 4.77. The van der Waals surface area contributed by atoms with E-state index in [0.29, 0.717) is 18.9 Å². The average Bonchev–Trinajstić information content (AvgIpc) is 2.25. The zero-order valence-electron chi connectivity index (χ0n) is 10.5. The highest BCUT2D eigenvalue weighted by Crippen LogP contribution is 2.27. The predicted octanol–water partition coefficient (Wildman–Crippen LogP) is 0.844. The number of rotatable bonds is 4. The number of halogens is 1. The summed E-state index contributed by atoms with van der Waals surface area (Å²) in [5, 5.41) is 19.8. The van der Waals surface area contributed by atoms with Crippen molar-refractivity contribution in [3.63, 3.8) is 0 Å². The van der Waals surface area contributed by atoms with Crippen molar-refractivity contribution in [1.29, 1.82) is 0 Å². The van der Waals surface area contributed by atoms with Gasteiger partial charge >= 0.3 is 5.69 Å². The normalized spacial score (nSPS) is 22.4. The Hall–Kier alpha value is -1.58. The van der Waals surface area contributed by atoms with Gasteiger partial charge in [-0.2, -0.15) is 4.39 Å². The third-order valence-electron chi connectivity index (χ3n) is 3.17. The molecule has 0 aliphatic heterocycles. The van der Waals surface area contributed by atoms with Crippen molar-refractivity contribution in [1.82, 2.24) is 4.72 Å². The maximum Gasteiger partial charge on any atom is 0.306 e. The monoisotopic (exact) mass is 304 g/mol. The van der Waals surface area contributed by atoms with Crippen molar-refractivity contribution in [2.45, 2.75) is 36.8 Å². The van der Waals surface area contributed by atoms with Gasteiger partial charge in [-0.15, -0.1) is 0 Å². The van der Waals surface area contributed by atoms with Gasteiger partial charge < -0.3 is 5.11 Å². The highest BCUT2D eigenvalue weighted by Gasteiger charge is 2.33. The number of nitro groups is 1. The lowest BCUT2D eigenvalue weighted by Gasteiger charge is -2.31. The van der Waals surface area contributed by atoms with Crippen LogP contribution in [-0.4, -0.2) is 30.6 Å². The van der Waals surface area contributed by atoms with Gasteiger partial charge in [0.05, 0.1) is 15.9 Å². The largest absolute Gasteiger partial charge is 0.393 e. The Bertz CT molecular complexity index is 655. The van der Waals surface area contributed by atoms with Crippen molar-refractivity contribution in [2.24, 2.45) is 0 Å². The van der Waals surface area contributed by atoms with Crippen LogP contribution in [0.25, 0.3) is 0 Å². The van der Waals surface area contributed by atoms with E-state index in [-0.39, 0.29) is 10.5 Å². The first-order valence-electron chi connectivity index (χ1n) is 5.85. The molecule has 0 saturated heterocycles. The molecule has 1 fully saturated rings. The molecule has 0 bridgehead atoms. The van der Waals surface area contributed by atoms with Gasteiger partial charge in [0.2, 0.25) is 15.8 Å². The number of sulfonamides is 1. The van der Waals surface area contributed by atoms with Gasteiger partial charge in [-0.25, -0.2) is 13.1 Å². The summed E-state index contributed by atoms with van der Waals surface area (Å²) in [6.45, 7) is 1.36. The van der Waals surface area contributed by atoms with Gasteiger partial charge in [0.15, 0.2) is 0 Å². The predicted molar refractivity (Wildman–Crippen MR) is 67.1 cm³/mol. The zero-order chi connectivity index (χ0) is 15.1. The molecule has 0 atom stereocenters. The first-order chi connectivity index (χ1) is 9.20. The lowest BCUT2D eigenvalue weighted by Crippen LogP contribution is -2.46. The number of nitrogens with one attached hydrogen (secondary N) is 1. The summed E-state index contributed by atoms with van der Waals surface area (Å²) in [5.41, 5.74) is -0.801. The van der Waals surface area contributed by atoms with Crippen LogP contribution in [0, 0.1) is 22.9 Å². The van der Waals surface area contributed by atoms with Crippen molar-refractivity contribution >= 4 is 15.7 Å². The summed E-state index contributed by atoms with van der Waals surface area (Å²) < 4.78 is 39.9. The molecule has 9 heteroatoms. The van der Waals surface area contributed by atoms with Gasteiger partial charge in [0.1, 0.15) is 0 Å². The molecule has 0 aromatic heterocycles. The van der Waals surface area contributed by atoms with Crippen LogP contribution in [0.5, 0.6) is 0 Å². The van der Waals surface area contributed by atoms with E-state index in [1.165, 1.54) is 6.92 Å². The van der Waals surface area contributed by atoms with Crippen LogP contribution in [0.1, 0.15) is 18.4 Å². The first kappa shape index (κ1) is 14.8. The molecule has 0 spiro atoms.